The summed E-state index contributed by atoms with van der Waals surface area (Å²) in [6.07, 6.45) is 4.37. The fourth-order valence-electron chi connectivity index (χ4n) is 3.48. The highest BCUT2D eigenvalue weighted by Gasteiger charge is 2.49. The molecular formula is C23H32OSi. The van der Waals surface area contributed by atoms with E-state index < -0.39 is 8.32 Å². The zero-order valence-corrected chi connectivity index (χ0v) is 17.4. The second-order valence-electron chi connectivity index (χ2n) is 7.75. The molecule has 2 heteroatoms. The van der Waals surface area contributed by atoms with Crippen LogP contribution in [0.25, 0.3) is 0 Å². The van der Waals surface area contributed by atoms with Crippen molar-refractivity contribution in [3.05, 3.63) is 72.3 Å². The van der Waals surface area contributed by atoms with Crippen LogP contribution in [0.15, 0.2) is 72.3 Å². The molecule has 0 spiro atoms. The van der Waals surface area contributed by atoms with E-state index in [1.807, 2.05) is 0 Å². The number of hydrogen-bond acceptors (Lipinski definition) is 1. The Labute approximate surface area is 154 Å². The van der Waals surface area contributed by atoms with Crippen molar-refractivity contribution in [2.75, 3.05) is 6.61 Å². The van der Waals surface area contributed by atoms with Gasteiger partial charge < -0.3 is 4.43 Å². The summed E-state index contributed by atoms with van der Waals surface area (Å²) in [4.78, 5) is 0. The molecular weight excluding hydrogens is 320 g/mol. The molecule has 0 saturated heterocycles. The van der Waals surface area contributed by atoms with Crippen molar-refractivity contribution < 1.29 is 4.43 Å². The first-order valence-corrected chi connectivity index (χ1v) is 11.2. The fraction of sp³-hybridized carbons (Fsp3) is 0.391. The predicted molar refractivity (Wildman–Crippen MR) is 112 cm³/mol. The third kappa shape index (κ3) is 4.50. The summed E-state index contributed by atoms with van der Waals surface area (Å²) in [5, 5.41) is 2.78. The SMILES string of the molecule is CC=C(C)CCCO[Si](c1ccccc1)(c1ccccc1)C(C)(C)C. The van der Waals surface area contributed by atoms with Crippen LogP contribution in [0.4, 0.5) is 0 Å². The van der Waals surface area contributed by atoms with E-state index in [1.54, 1.807) is 0 Å². The predicted octanol–water partition coefficient (Wildman–Crippen LogP) is 5.31. The zero-order chi connectivity index (χ0) is 18.3. The van der Waals surface area contributed by atoms with E-state index in [0.29, 0.717) is 0 Å². The van der Waals surface area contributed by atoms with Crippen LogP contribution in [0, 0.1) is 0 Å². The van der Waals surface area contributed by atoms with Crippen LogP contribution < -0.4 is 10.4 Å². The molecule has 0 radical (unpaired) electrons. The molecule has 0 bridgehead atoms. The van der Waals surface area contributed by atoms with Crippen molar-refractivity contribution in [3.63, 3.8) is 0 Å². The molecule has 25 heavy (non-hydrogen) atoms. The van der Waals surface area contributed by atoms with Gasteiger partial charge in [-0.15, -0.1) is 0 Å². The summed E-state index contributed by atoms with van der Waals surface area (Å²) in [6.45, 7) is 12.1. The quantitative estimate of drug-likeness (QED) is 0.373. The van der Waals surface area contributed by atoms with Gasteiger partial charge in [-0.2, -0.15) is 0 Å². The molecule has 0 aliphatic heterocycles. The maximum absolute atomic E-state index is 6.87. The first-order valence-electron chi connectivity index (χ1n) is 9.28. The third-order valence-electron chi connectivity index (χ3n) is 4.94. The lowest BCUT2D eigenvalue weighted by molar-refractivity contribution is 0.292. The van der Waals surface area contributed by atoms with Crippen molar-refractivity contribution >= 4 is 18.7 Å². The van der Waals surface area contributed by atoms with Crippen LogP contribution in [0.1, 0.15) is 47.5 Å². The summed E-state index contributed by atoms with van der Waals surface area (Å²) in [7, 11) is -2.35. The summed E-state index contributed by atoms with van der Waals surface area (Å²) < 4.78 is 6.87. The molecule has 0 aromatic heterocycles. The lowest BCUT2D eigenvalue weighted by Crippen LogP contribution is -2.66. The summed E-state index contributed by atoms with van der Waals surface area (Å²) in [5.74, 6) is 0. The molecule has 0 fully saturated rings. The van der Waals surface area contributed by atoms with Crippen molar-refractivity contribution in [1.82, 2.24) is 0 Å². The fourth-order valence-corrected chi connectivity index (χ4v) is 8.09. The monoisotopic (exact) mass is 352 g/mol. The van der Waals surface area contributed by atoms with Crippen molar-refractivity contribution in [2.45, 2.75) is 52.5 Å². The lowest BCUT2D eigenvalue weighted by Gasteiger charge is -2.43. The van der Waals surface area contributed by atoms with Crippen molar-refractivity contribution in [2.24, 2.45) is 0 Å². The average molecular weight is 353 g/mol. The largest absolute Gasteiger partial charge is 0.407 e. The molecule has 0 heterocycles. The van der Waals surface area contributed by atoms with E-state index >= 15 is 0 Å². The molecule has 0 amide bonds. The van der Waals surface area contributed by atoms with E-state index in [4.69, 9.17) is 4.43 Å². The molecule has 2 aromatic rings. The Balaban J connectivity index is 2.42. The van der Waals surface area contributed by atoms with Gasteiger partial charge in [-0.25, -0.2) is 0 Å². The minimum Gasteiger partial charge on any atom is -0.407 e. The van der Waals surface area contributed by atoms with E-state index in [1.165, 1.54) is 15.9 Å². The van der Waals surface area contributed by atoms with Gasteiger partial charge in [0, 0.05) is 6.61 Å². The molecule has 2 aromatic carbocycles. The molecule has 0 N–H and O–H groups in total. The number of allylic oxidation sites excluding steroid dienone is 2. The third-order valence-corrected chi connectivity index (χ3v) is 9.99. The molecule has 134 valence electrons. The standard InChI is InChI=1S/C23H32OSi/c1-6-20(2)14-13-19-24-25(23(3,4)5,21-15-9-7-10-16-21)22-17-11-8-12-18-22/h6-12,15-18H,13-14,19H2,1-5H3. The first-order chi connectivity index (χ1) is 11.9. The Morgan fingerprint density at radius 2 is 1.40 bits per heavy atom. The van der Waals surface area contributed by atoms with Gasteiger partial charge in [0.2, 0.25) is 0 Å². The first kappa shape index (κ1) is 19.7. The molecule has 0 aliphatic carbocycles. The summed E-state index contributed by atoms with van der Waals surface area (Å²) in [6, 6.07) is 21.7. The highest BCUT2D eigenvalue weighted by Crippen LogP contribution is 2.36. The minimum atomic E-state index is -2.35. The maximum atomic E-state index is 6.87. The highest BCUT2D eigenvalue weighted by atomic mass is 28.4. The Morgan fingerprint density at radius 3 is 1.80 bits per heavy atom. The smallest absolute Gasteiger partial charge is 0.261 e. The normalized spacial score (nSPS) is 13.1. The average Bonchev–Trinajstić information content (AvgIpc) is 2.62. The summed E-state index contributed by atoms with van der Waals surface area (Å²) >= 11 is 0. The van der Waals surface area contributed by atoms with E-state index in [-0.39, 0.29) is 5.04 Å². The molecule has 0 aliphatic rings. The minimum absolute atomic E-state index is 0.0609. The van der Waals surface area contributed by atoms with Gasteiger partial charge in [0.1, 0.15) is 0 Å². The molecule has 0 saturated carbocycles. The van der Waals surface area contributed by atoms with Gasteiger partial charge in [-0.05, 0) is 42.1 Å². The molecule has 0 atom stereocenters. The van der Waals surface area contributed by atoms with E-state index in [2.05, 4.69) is 101 Å². The lowest BCUT2D eigenvalue weighted by atomic mass is 10.2. The van der Waals surface area contributed by atoms with Gasteiger partial charge in [-0.3, -0.25) is 0 Å². The van der Waals surface area contributed by atoms with Crippen LogP contribution in [0.2, 0.25) is 5.04 Å². The number of benzene rings is 2. The van der Waals surface area contributed by atoms with Crippen LogP contribution in [-0.4, -0.2) is 14.9 Å². The van der Waals surface area contributed by atoms with Crippen LogP contribution in [-0.2, 0) is 4.43 Å². The van der Waals surface area contributed by atoms with Crippen LogP contribution >= 0.6 is 0 Å². The Bertz CT molecular complexity index is 629. The van der Waals surface area contributed by atoms with E-state index in [9.17, 15) is 0 Å². The van der Waals surface area contributed by atoms with Gasteiger partial charge in [0.25, 0.3) is 8.32 Å². The van der Waals surface area contributed by atoms with Crippen molar-refractivity contribution in [3.8, 4) is 0 Å². The van der Waals surface area contributed by atoms with Crippen LogP contribution in [0.5, 0.6) is 0 Å². The van der Waals surface area contributed by atoms with Gasteiger partial charge >= 0.3 is 0 Å². The zero-order valence-electron chi connectivity index (χ0n) is 16.4. The Kier molecular flexibility index (Phi) is 6.80. The maximum Gasteiger partial charge on any atom is 0.261 e. The highest BCUT2D eigenvalue weighted by molar-refractivity contribution is 6.99. The Hall–Kier alpha value is -1.64. The van der Waals surface area contributed by atoms with Crippen LogP contribution in [0.3, 0.4) is 0 Å². The van der Waals surface area contributed by atoms with Gasteiger partial charge in [0.05, 0.1) is 0 Å². The number of hydrogen-bond donors (Lipinski definition) is 0. The molecule has 2 rings (SSSR count). The summed E-state index contributed by atoms with van der Waals surface area (Å²) in [5.41, 5.74) is 1.44. The second-order valence-corrected chi connectivity index (χ2v) is 12.1. The molecule has 0 unspecified atom stereocenters. The van der Waals surface area contributed by atoms with E-state index in [0.717, 1.165) is 19.4 Å². The number of rotatable bonds is 7. The van der Waals surface area contributed by atoms with Gasteiger partial charge in [-0.1, -0.05) is 93.1 Å². The topological polar surface area (TPSA) is 9.23 Å². The van der Waals surface area contributed by atoms with Crippen molar-refractivity contribution in [1.29, 1.82) is 0 Å². The second kappa shape index (κ2) is 8.64. The molecule has 1 nitrogen and oxygen atoms in total. The Morgan fingerprint density at radius 1 is 0.920 bits per heavy atom. The van der Waals surface area contributed by atoms with Gasteiger partial charge in [0.15, 0.2) is 0 Å².